The summed E-state index contributed by atoms with van der Waals surface area (Å²) in [7, 11) is 0. The Morgan fingerprint density at radius 3 is 2.06 bits per heavy atom. The summed E-state index contributed by atoms with van der Waals surface area (Å²) in [4.78, 5) is 36.5. The Bertz CT molecular complexity index is 949. The molecule has 1 atom stereocenters. The van der Waals surface area contributed by atoms with Crippen LogP contribution in [0.3, 0.4) is 0 Å². The Morgan fingerprint density at radius 1 is 0.909 bits per heavy atom. The molecule has 0 aliphatic heterocycles. The van der Waals surface area contributed by atoms with E-state index in [-0.39, 0.29) is 6.42 Å². The lowest BCUT2D eigenvalue weighted by molar-refractivity contribution is -0.142. The van der Waals surface area contributed by atoms with Crippen LogP contribution in [0.1, 0.15) is 45.7 Å². The number of carboxylic acids is 1. The van der Waals surface area contributed by atoms with Crippen molar-refractivity contribution in [1.82, 2.24) is 10.6 Å². The van der Waals surface area contributed by atoms with E-state index in [9.17, 15) is 19.5 Å². The van der Waals surface area contributed by atoms with Gasteiger partial charge in [0.05, 0.1) is 0 Å². The van der Waals surface area contributed by atoms with E-state index in [1.165, 1.54) is 13.8 Å². The smallest absolute Gasteiger partial charge is 0.408 e. The summed E-state index contributed by atoms with van der Waals surface area (Å²) in [5.41, 5.74) is -0.340. The number of benzene rings is 2. The van der Waals surface area contributed by atoms with Crippen molar-refractivity contribution >= 4 is 18.0 Å². The standard InChI is InChI=1S/C25H32N2O6/c1-24(2,3)33-23(31)27-25(4,5)22(30)26-20(21(28)29)15-17-11-13-19(14-12-17)32-16-18-9-7-6-8-10-18/h6-14,20H,15-16H2,1-5H3,(H,26,30)(H,27,31)(H,28,29). The first kappa shape index (κ1) is 25.7. The van der Waals surface area contributed by atoms with Crippen LogP contribution in [0, 0.1) is 0 Å². The van der Waals surface area contributed by atoms with Crippen molar-refractivity contribution in [3.05, 3.63) is 65.7 Å². The van der Waals surface area contributed by atoms with Crippen LogP contribution < -0.4 is 15.4 Å². The minimum absolute atomic E-state index is 0.0720. The zero-order valence-electron chi connectivity index (χ0n) is 19.7. The van der Waals surface area contributed by atoms with Crippen LogP contribution in [0.2, 0.25) is 0 Å². The first-order chi connectivity index (χ1) is 15.4. The molecule has 2 rings (SSSR count). The van der Waals surface area contributed by atoms with Gasteiger partial charge in [-0.05, 0) is 57.9 Å². The lowest BCUT2D eigenvalue weighted by Crippen LogP contribution is -2.58. The van der Waals surface area contributed by atoms with Gasteiger partial charge in [0.25, 0.3) is 0 Å². The predicted octanol–water partition coefficient (Wildman–Crippen LogP) is 3.68. The Labute approximate surface area is 194 Å². The van der Waals surface area contributed by atoms with Crippen LogP contribution in [0.15, 0.2) is 54.6 Å². The summed E-state index contributed by atoms with van der Waals surface area (Å²) in [6.45, 7) is 8.50. The van der Waals surface area contributed by atoms with Gasteiger partial charge in [-0.1, -0.05) is 42.5 Å². The summed E-state index contributed by atoms with van der Waals surface area (Å²) in [5.74, 6) is -1.16. The number of amides is 2. The molecule has 33 heavy (non-hydrogen) atoms. The molecule has 2 amide bonds. The summed E-state index contributed by atoms with van der Waals surface area (Å²) in [5, 5.41) is 14.6. The molecule has 0 aliphatic rings. The average Bonchev–Trinajstić information content (AvgIpc) is 2.71. The Balaban J connectivity index is 1.95. The number of carboxylic acid groups (broad SMARTS) is 1. The van der Waals surface area contributed by atoms with Gasteiger partial charge in [0.1, 0.15) is 29.5 Å². The fourth-order valence-corrected chi connectivity index (χ4v) is 2.85. The summed E-state index contributed by atoms with van der Waals surface area (Å²) < 4.78 is 10.9. The number of rotatable bonds is 9. The van der Waals surface area contributed by atoms with Crippen molar-refractivity contribution in [3.8, 4) is 5.75 Å². The van der Waals surface area contributed by atoms with E-state index in [2.05, 4.69) is 10.6 Å². The number of hydrogen-bond acceptors (Lipinski definition) is 5. The summed E-state index contributed by atoms with van der Waals surface area (Å²) >= 11 is 0. The number of ether oxygens (including phenoxy) is 2. The maximum absolute atomic E-state index is 12.7. The normalized spacial score (nSPS) is 12.4. The molecule has 1 unspecified atom stereocenters. The number of hydrogen-bond donors (Lipinski definition) is 3. The molecule has 0 spiro atoms. The van der Waals surface area contributed by atoms with Gasteiger partial charge in [0.2, 0.25) is 5.91 Å². The molecule has 0 heterocycles. The van der Waals surface area contributed by atoms with Gasteiger partial charge in [-0.25, -0.2) is 9.59 Å². The molecule has 0 radical (unpaired) electrons. The van der Waals surface area contributed by atoms with Gasteiger partial charge < -0.3 is 25.2 Å². The van der Waals surface area contributed by atoms with Crippen molar-refractivity contribution < 1.29 is 29.0 Å². The van der Waals surface area contributed by atoms with E-state index in [0.29, 0.717) is 17.9 Å². The summed E-state index contributed by atoms with van der Waals surface area (Å²) in [6.07, 6.45) is -0.691. The molecule has 8 heteroatoms. The second-order valence-corrected chi connectivity index (χ2v) is 9.24. The largest absolute Gasteiger partial charge is 0.489 e. The van der Waals surface area contributed by atoms with Crippen molar-refractivity contribution in [2.75, 3.05) is 0 Å². The van der Waals surface area contributed by atoms with Gasteiger partial charge in [0.15, 0.2) is 0 Å². The fourth-order valence-electron chi connectivity index (χ4n) is 2.85. The van der Waals surface area contributed by atoms with Crippen molar-refractivity contribution in [3.63, 3.8) is 0 Å². The van der Waals surface area contributed by atoms with Gasteiger partial charge in [0, 0.05) is 6.42 Å². The quantitative estimate of drug-likeness (QED) is 0.530. The van der Waals surface area contributed by atoms with Crippen molar-refractivity contribution in [2.24, 2.45) is 0 Å². The van der Waals surface area contributed by atoms with Crippen LogP contribution in [0.5, 0.6) is 5.75 Å². The Kier molecular flexibility index (Phi) is 8.45. The SMILES string of the molecule is CC(C)(C)OC(=O)NC(C)(C)C(=O)NC(Cc1ccc(OCc2ccccc2)cc1)C(=O)O. The van der Waals surface area contributed by atoms with E-state index in [4.69, 9.17) is 9.47 Å². The molecular weight excluding hydrogens is 424 g/mol. The number of aliphatic carboxylic acids is 1. The zero-order valence-corrected chi connectivity index (χ0v) is 19.7. The topological polar surface area (TPSA) is 114 Å². The first-order valence-electron chi connectivity index (χ1n) is 10.7. The molecule has 0 fully saturated rings. The molecule has 8 nitrogen and oxygen atoms in total. The van der Waals surface area contributed by atoms with E-state index in [1.807, 2.05) is 30.3 Å². The number of nitrogens with one attached hydrogen (secondary N) is 2. The third-order valence-corrected chi connectivity index (χ3v) is 4.60. The predicted molar refractivity (Wildman–Crippen MR) is 124 cm³/mol. The Hall–Kier alpha value is -3.55. The maximum atomic E-state index is 12.7. The van der Waals surface area contributed by atoms with E-state index in [1.54, 1.807) is 45.0 Å². The highest BCUT2D eigenvalue weighted by Crippen LogP contribution is 2.16. The lowest BCUT2D eigenvalue weighted by Gasteiger charge is -2.29. The molecule has 3 N–H and O–H groups in total. The zero-order chi connectivity index (χ0) is 24.6. The van der Waals surface area contributed by atoms with Crippen LogP contribution in [-0.4, -0.2) is 40.3 Å². The third-order valence-electron chi connectivity index (χ3n) is 4.60. The van der Waals surface area contributed by atoms with Crippen LogP contribution in [0.4, 0.5) is 4.79 Å². The molecule has 0 saturated heterocycles. The molecule has 0 saturated carbocycles. The van der Waals surface area contributed by atoms with Gasteiger partial charge in [-0.2, -0.15) is 0 Å². The molecule has 0 bridgehead atoms. The summed E-state index contributed by atoms with van der Waals surface area (Å²) in [6, 6.07) is 15.6. The van der Waals surface area contributed by atoms with Crippen LogP contribution in [-0.2, 0) is 27.4 Å². The molecule has 2 aromatic carbocycles. The first-order valence-corrected chi connectivity index (χ1v) is 10.7. The lowest BCUT2D eigenvalue weighted by atomic mass is 10.0. The van der Waals surface area contributed by atoms with Crippen LogP contribution >= 0.6 is 0 Å². The highest BCUT2D eigenvalue weighted by Gasteiger charge is 2.34. The number of alkyl carbamates (subject to hydrolysis) is 1. The van der Waals surface area contributed by atoms with E-state index < -0.39 is 35.2 Å². The van der Waals surface area contributed by atoms with E-state index >= 15 is 0 Å². The monoisotopic (exact) mass is 456 g/mol. The maximum Gasteiger partial charge on any atom is 0.408 e. The van der Waals surface area contributed by atoms with Gasteiger partial charge in [-0.3, -0.25) is 4.79 Å². The van der Waals surface area contributed by atoms with Crippen molar-refractivity contribution in [2.45, 2.75) is 64.8 Å². The Morgan fingerprint density at radius 2 is 1.52 bits per heavy atom. The highest BCUT2D eigenvalue weighted by atomic mass is 16.6. The second-order valence-electron chi connectivity index (χ2n) is 9.24. The van der Waals surface area contributed by atoms with Crippen molar-refractivity contribution in [1.29, 1.82) is 0 Å². The van der Waals surface area contributed by atoms with E-state index in [0.717, 1.165) is 5.56 Å². The molecule has 178 valence electrons. The highest BCUT2D eigenvalue weighted by molar-refractivity contribution is 5.92. The number of carbonyl (C=O) groups excluding carboxylic acids is 2. The minimum Gasteiger partial charge on any atom is -0.489 e. The molecule has 2 aromatic rings. The second kappa shape index (κ2) is 10.8. The number of carbonyl (C=O) groups is 3. The van der Waals surface area contributed by atoms with Crippen LogP contribution in [0.25, 0.3) is 0 Å². The van der Waals surface area contributed by atoms with Gasteiger partial charge >= 0.3 is 12.1 Å². The average molecular weight is 457 g/mol. The van der Waals surface area contributed by atoms with Gasteiger partial charge in [-0.15, -0.1) is 0 Å². The third kappa shape index (κ3) is 8.84. The molecular formula is C25H32N2O6. The molecule has 0 aromatic heterocycles. The fraction of sp³-hybridized carbons (Fsp3) is 0.400. The molecule has 0 aliphatic carbocycles. The minimum atomic E-state index is -1.37.